The highest BCUT2D eigenvalue weighted by Crippen LogP contribution is 2.22. The van der Waals surface area contributed by atoms with Gasteiger partial charge in [0.05, 0.1) is 13.2 Å². The summed E-state index contributed by atoms with van der Waals surface area (Å²) in [7, 11) is 0. The maximum atomic E-state index is 5.51. The van der Waals surface area contributed by atoms with Gasteiger partial charge < -0.3 is 15.4 Å². The second-order valence-corrected chi connectivity index (χ2v) is 5.90. The van der Waals surface area contributed by atoms with Crippen LogP contribution in [0.15, 0.2) is 24.3 Å². The highest BCUT2D eigenvalue weighted by atomic mass is 16.5. The third-order valence-electron chi connectivity index (χ3n) is 4.21. The fourth-order valence-electron chi connectivity index (χ4n) is 3.35. The summed E-state index contributed by atoms with van der Waals surface area (Å²) in [5, 5.41) is 7.30. The molecule has 1 aromatic carbocycles. The molecule has 3 heteroatoms. The number of morpholine rings is 1. The van der Waals surface area contributed by atoms with Crippen LogP contribution in [0.3, 0.4) is 0 Å². The van der Waals surface area contributed by atoms with E-state index in [0.717, 1.165) is 26.2 Å². The maximum absolute atomic E-state index is 5.51. The van der Waals surface area contributed by atoms with Gasteiger partial charge in [-0.1, -0.05) is 24.3 Å². The first-order chi connectivity index (χ1) is 9.31. The molecule has 3 nitrogen and oxygen atoms in total. The largest absolute Gasteiger partial charge is 0.379 e. The first-order valence-electron chi connectivity index (χ1n) is 7.45. The number of fused-ring (bicyclic) bond motifs is 1. The van der Waals surface area contributed by atoms with E-state index in [2.05, 4.69) is 41.8 Å². The van der Waals surface area contributed by atoms with Gasteiger partial charge in [0.25, 0.3) is 0 Å². The molecule has 19 heavy (non-hydrogen) atoms. The minimum Gasteiger partial charge on any atom is -0.379 e. The van der Waals surface area contributed by atoms with Crippen molar-refractivity contribution in [1.29, 1.82) is 0 Å². The Morgan fingerprint density at radius 1 is 1.32 bits per heavy atom. The quantitative estimate of drug-likeness (QED) is 0.861. The van der Waals surface area contributed by atoms with Crippen LogP contribution in [0.5, 0.6) is 0 Å². The van der Waals surface area contributed by atoms with Gasteiger partial charge in [-0.2, -0.15) is 0 Å². The Balaban J connectivity index is 1.47. The lowest BCUT2D eigenvalue weighted by Gasteiger charge is -2.28. The van der Waals surface area contributed by atoms with Crippen molar-refractivity contribution >= 4 is 0 Å². The highest BCUT2D eigenvalue weighted by Gasteiger charge is 2.23. The van der Waals surface area contributed by atoms with Crippen molar-refractivity contribution in [3.05, 3.63) is 35.4 Å². The van der Waals surface area contributed by atoms with Crippen molar-refractivity contribution in [2.45, 2.75) is 44.3 Å². The van der Waals surface area contributed by atoms with Gasteiger partial charge in [-0.3, -0.25) is 0 Å². The van der Waals surface area contributed by atoms with Crippen LogP contribution in [0.25, 0.3) is 0 Å². The Morgan fingerprint density at radius 3 is 2.68 bits per heavy atom. The normalized spacial score (nSPS) is 25.2. The molecule has 104 valence electrons. The summed E-state index contributed by atoms with van der Waals surface area (Å²) in [5.74, 6) is 0. The summed E-state index contributed by atoms with van der Waals surface area (Å²) in [6.45, 7) is 5.00. The zero-order valence-corrected chi connectivity index (χ0v) is 11.7. The molecular formula is C16H24N2O. The lowest BCUT2D eigenvalue weighted by Crippen LogP contribution is -2.46. The molecule has 2 aliphatic rings. The molecule has 1 fully saturated rings. The minimum atomic E-state index is 0.514. The summed E-state index contributed by atoms with van der Waals surface area (Å²) in [6, 6.07) is 10.5. The number of hydrogen-bond donors (Lipinski definition) is 2. The van der Waals surface area contributed by atoms with E-state index in [1.807, 2.05) is 0 Å². The molecule has 0 spiro atoms. The number of ether oxygens (including phenoxy) is 1. The average Bonchev–Trinajstić information content (AvgIpc) is 2.81. The summed E-state index contributed by atoms with van der Waals surface area (Å²) in [5.41, 5.74) is 3.04. The maximum Gasteiger partial charge on any atom is 0.0620 e. The monoisotopic (exact) mass is 260 g/mol. The summed E-state index contributed by atoms with van der Waals surface area (Å²) < 4.78 is 5.51. The van der Waals surface area contributed by atoms with Crippen LogP contribution in [0.4, 0.5) is 0 Å². The molecule has 2 N–H and O–H groups in total. The smallest absolute Gasteiger partial charge is 0.0620 e. The Kier molecular flexibility index (Phi) is 4.16. The Morgan fingerprint density at radius 2 is 2.05 bits per heavy atom. The summed E-state index contributed by atoms with van der Waals surface area (Å²) in [6.07, 6.45) is 3.50. The number of benzene rings is 1. The van der Waals surface area contributed by atoms with Gasteiger partial charge in [0.15, 0.2) is 0 Å². The second-order valence-electron chi connectivity index (χ2n) is 5.90. The van der Waals surface area contributed by atoms with E-state index < -0.39 is 0 Å². The van der Waals surface area contributed by atoms with Gasteiger partial charge in [0.1, 0.15) is 0 Å². The first-order valence-corrected chi connectivity index (χ1v) is 7.45. The van der Waals surface area contributed by atoms with Gasteiger partial charge >= 0.3 is 0 Å². The molecule has 3 rings (SSSR count). The minimum absolute atomic E-state index is 0.514. The molecular weight excluding hydrogens is 236 g/mol. The molecule has 1 aliphatic carbocycles. The van der Waals surface area contributed by atoms with Gasteiger partial charge in [0, 0.05) is 24.7 Å². The van der Waals surface area contributed by atoms with Crippen LogP contribution in [-0.4, -0.2) is 37.9 Å². The molecule has 1 aromatic rings. The first kappa shape index (κ1) is 13.1. The van der Waals surface area contributed by atoms with Crippen molar-refractivity contribution in [1.82, 2.24) is 10.6 Å². The SMILES string of the molecule is CC(CC1COCCN1)NC1Cc2ccccc2C1. The van der Waals surface area contributed by atoms with Crippen molar-refractivity contribution in [3.63, 3.8) is 0 Å². The Hall–Kier alpha value is -0.900. The van der Waals surface area contributed by atoms with Crippen molar-refractivity contribution in [2.24, 2.45) is 0 Å². The van der Waals surface area contributed by atoms with Crippen LogP contribution >= 0.6 is 0 Å². The van der Waals surface area contributed by atoms with Crippen molar-refractivity contribution in [2.75, 3.05) is 19.8 Å². The fraction of sp³-hybridized carbons (Fsp3) is 0.625. The Labute approximate surface area is 115 Å². The molecule has 0 aromatic heterocycles. The Bertz CT molecular complexity index is 390. The lowest BCUT2D eigenvalue weighted by molar-refractivity contribution is 0.0708. The second kappa shape index (κ2) is 6.04. The molecule has 1 aliphatic heterocycles. The number of nitrogens with one attached hydrogen (secondary N) is 2. The van der Waals surface area contributed by atoms with E-state index in [9.17, 15) is 0 Å². The lowest BCUT2D eigenvalue weighted by atomic mass is 10.1. The molecule has 1 heterocycles. The molecule has 0 radical (unpaired) electrons. The fourth-order valence-corrected chi connectivity index (χ4v) is 3.35. The summed E-state index contributed by atoms with van der Waals surface area (Å²) >= 11 is 0. The van der Waals surface area contributed by atoms with E-state index in [-0.39, 0.29) is 0 Å². The topological polar surface area (TPSA) is 33.3 Å². The molecule has 0 bridgehead atoms. The van der Waals surface area contributed by atoms with E-state index in [1.54, 1.807) is 0 Å². The average molecular weight is 260 g/mol. The molecule has 2 unspecified atom stereocenters. The zero-order chi connectivity index (χ0) is 13.1. The van der Waals surface area contributed by atoms with E-state index in [0.29, 0.717) is 18.1 Å². The molecule has 0 saturated carbocycles. The van der Waals surface area contributed by atoms with Crippen LogP contribution < -0.4 is 10.6 Å². The summed E-state index contributed by atoms with van der Waals surface area (Å²) in [4.78, 5) is 0. The molecule has 2 atom stereocenters. The van der Waals surface area contributed by atoms with Gasteiger partial charge in [-0.25, -0.2) is 0 Å². The van der Waals surface area contributed by atoms with Crippen molar-refractivity contribution < 1.29 is 4.74 Å². The predicted octanol–water partition coefficient (Wildman–Crippen LogP) is 1.51. The third kappa shape index (κ3) is 3.35. The zero-order valence-electron chi connectivity index (χ0n) is 11.7. The van der Waals surface area contributed by atoms with E-state index in [1.165, 1.54) is 24.0 Å². The van der Waals surface area contributed by atoms with Gasteiger partial charge in [-0.15, -0.1) is 0 Å². The molecule has 0 amide bonds. The predicted molar refractivity (Wildman–Crippen MR) is 77.5 cm³/mol. The third-order valence-corrected chi connectivity index (χ3v) is 4.21. The number of rotatable bonds is 4. The van der Waals surface area contributed by atoms with Crippen molar-refractivity contribution in [3.8, 4) is 0 Å². The van der Waals surface area contributed by atoms with Crippen LogP contribution in [0, 0.1) is 0 Å². The van der Waals surface area contributed by atoms with Crippen LogP contribution in [-0.2, 0) is 17.6 Å². The van der Waals surface area contributed by atoms with Gasteiger partial charge in [0.2, 0.25) is 0 Å². The molecule has 1 saturated heterocycles. The van der Waals surface area contributed by atoms with Crippen LogP contribution in [0.2, 0.25) is 0 Å². The standard InChI is InChI=1S/C16H24N2O/c1-12(8-16-11-19-7-6-17-16)18-15-9-13-4-2-3-5-14(13)10-15/h2-5,12,15-18H,6-11H2,1H3. The number of hydrogen-bond acceptors (Lipinski definition) is 3. The van der Waals surface area contributed by atoms with E-state index >= 15 is 0 Å². The van der Waals surface area contributed by atoms with Gasteiger partial charge in [-0.05, 0) is 37.3 Å². The highest BCUT2D eigenvalue weighted by molar-refractivity contribution is 5.33. The van der Waals surface area contributed by atoms with Crippen LogP contribution in [0.1, 0.15) is 24.5 Å². The van der Waals surface area contributed by atoms with E-state index in [4.69, 9.17) is 4.74 Å².